The van der Waals surface area contributed by atoms with Crippen molar-refractivity contribution in [2.45, 2.75) is 26.6 Å². The Balaban J connectivity index is 1.74. The van der Waals surface area contributed by atoms with Gasteiger partial charge in [-0.15, -0.1) is 0 Å². The Morgan fingerprint density at radius 1 is 1.06 bits per heavy atom. The minimum Gasteiger partial charge on any atom is -0.291 e. The third-order valence-electron chi connectivity index (χ3n) is 3.53. The van der Waals surface area contributed by atoms with Crippen LogP contribution in [0.2, 0.25) is 0 Å². The highest BCUT2D eigenvalue weighted by Gasteiger charge is 2.18. The van der Waals surface area contributed by atoms with Crippen molar-refractivity contribution in [2.24, 2.45) is 0 Å². The summed E-state index contributed by atoms with van der Waals surface area (Å²) in [7, 11) is 0. The predicted molar refractivity (Wildman–Crippen MR) is 78.3 cm³/mol. The molecule has 92 valence electrons. The standard InChI is InChI=1S/C16H16BrN/c1-12-8-13(6-7-16(12)17)9-18-10-14-4-2-3-5-15(14)11-18/h2-8H,9-11H2,1H3. The largest absolute Gasteiger partial charge is 0.291 e. The molecule has 3 rings (SSSR count). The highest BCUT2D eigenvalue weighted by atomic mass is 79.9. The lowest BCUT2D eigenvalue weighted by atomic mass is 10.1. The van der Waals surface area contributed by atoms with Crippen LogP contribution in [0.5, 0.6) is 0 Å². The van der Waals surface area contributed by atoms with Gasteiger partial charge in [-0.25, -0.2) is 0 Å². The molecule has 1 aliphatic rings. The molecular weight excluding hydrogens is 286 g/mol. The van der Waals surface area contributed by atoms with Crippen molar-refractivity contribution in [1.29, 1.82) is 0 Å². The van der Waals surface area contributed by atoms with Crippen LogP contribution < -0.4 is 0 Å². The van der Waals surface area contributed by atoms with Crippen LogP contribution in [0, 0.1) is 6.92 Å². The topological polar surface area (TPSA) is 3.24 Å². The Hall–Kier alpha value is -1.12. The van der Waals surface area contributed by atoms with Gasteiger partial charge in [0.1, 0.15) is 0 Å². The number of nitrogens with zero attached hydrogens (tertiary/aromatic N) is 1. The van der Waals surface area contributed by atoms with E-state index in [1.54, 1.807) is 0 Å². The summed E-state index contributed by atoms with van der Waals surface area (Å²) < 4.78 is 1.19. The summed E-state index contributed by atoms with van der Waals surface area (Å²) in [6.07, 6.45) is 0. The normalized spacial score (nSPS) is 14.8. The van der Waals surface area contributed by atoms with Gasteiger partial charge < -0.3 is 0 Å². The maximum atomic E-state index is 3.55. The van der Waals surface area contributed by atoms with E-state index in [0.717, 1.165) is 19.6 Å². The zero-order valence-corrected chi connectivity index (χ0v) is 12.1. The zero-order valence-electron chi connectivity index (χ0n) is 10.5. The maximum absolute atomic E-state index is 3.55. The van der Waals surface area contributed by atoms with Crippen LogP contribution >= 0.6 is 15.9 Å². The number of hydrogen-bond donors (Lipinski definition) is 0. The molecule has 0 saturated heterocycles. The average Bonchev–Trinajstić information content (AvgIpc) is 2.76. The van der Waals surface area contributed by atoms with E-state index in [2.05, 4.69) is 70.2 Å². The van der Waals surface area contributed by atoms with Crippen LogP contribution in [0.3, 0.4) is 0 Å². The fourth-order valence-electron chi connectivity index (χ4n) is 2.58. The van der Waals surface area contributed by atoms with Crippen molar-refractivity contribution in [3.63, 3.8) is 0 Å². The molecule has 1 nitrogen and oxygen atoms in total. The summed E-state index contributed by atoms with van der Waals surface area (Å²) >= 11 is 3.55. The minimum absolute atomic E-state index is 1.03. The number of aryl methyl sites for hydroxylation is 1. The van der Waals surface area contributed by atoms with Gasteiger partial charge in [-0.2, -0.15) is 0 Å². The quantitative estimate of drug-likeness (QED) is 0.800. The predicted octanol–water partition coefficient (Wildman–Crippen LogP) is 4.27. The smallest absolute Gasteiger partial charge is 0.0244 e. The van der Waals surface area contributed by atoms with Gasteiger partial charge in [-0.1, -0.05) is 52.3 Å². The van der Waals surface area contributed by atoms with E-state index in [1.807, 2.05) is 0 Å². The third-order valence-corrected chi connectivity index (χ3v) is 4.42. The van der Waals surface area contributed by atoms with Gasteiger partial charge >= 0.3 is 0 Å². The van der Waals surface area contributed by atoms with Crippen LogP contribution in [0.25, 0.3) is 0 Å². The molecule has 0 amide bonds. The molecule has 0 fully saturated rings. The van der Waals surface area contributed by atoms with Crippen molar-refractivity contribution < 1.29 is 0 Å². The van der Waals surface area contributed by atoms with E-state index >= 15 is 0 Å². The van der Waals surface area contributed by atoms with E-state index in [4.69, 9.17) is 0 Å². The average molecular weight is 302 g/mol. The second kappa shape index (κ2) is 4.87. The molecule has 0 bridgehead atoms. The highest BCUT2D eigenvalue weighted by Crippen LogP contribution is 2.25. The highest BCUT2D eigenvalue weighted by molar-refractivity contribution is 9.10. The van der Waals surface area contributed by atoms with Gasteiger partial charge in [-0.05, 0) is 35.2 Å². The first-order valence-electron chi connectivity index (χ1n) is 6.26. The Morgan fingerprint density at radius 2 is 1.72 bits per heavy atom. The molecule has 0 N–H and O–H groups in total. The van der Waals surface area contributed by atoms with Crippen LogP contribution in [-0.4, -0.2) is 4.90 Å². The Bertz CT molecular complexity index is 552. The summed E-state index contributed by atoms with van der Waals surface area (Å²) in [5.74, 6) is 0. The molecule has 1 aliphatic heterocycles. The number of hydrogen-bond acceptors (Lipinski definition) is 1. The minimum atomic E-state index is 1.03. The van der Waals surface area contributed by atoms with Crippen molar-refractivity contribution in [3.8, 4) is 0 Å². The summed E-state index contributed by atoms with van der Waals surface area (Å²) in [6, 6.07) is 15.4. The fraction of sp³-hybridized carbons (Fsp3) is 0.250. The molecule has 0 spiro atoms. The lowest BCUT2D eigenvalue weighted by molar-refractivity contribution is 0.275. The first-order valence-corrected chi connectivity index (χ1v) is 7.06. The van der Waals surface area contributed by atoms with E-state index in [-0.39, 0.29) is 0 Å². The van der Waals surface area contributed by atoms with Crippen LogP contribution in [0.4, 0.5) is 0 Å². The first kappa shape index (κ1) is 11.9. The summed E-state index contributed by atoms with van der Waals surface area (Å²) in [4.78, 5) is 2.49. The van der Waals surface area contributed by atoms with E-state index < -0.39 is 0 Å². The Labute approximate surface area is 117 Å². The van der Waals surface area contributed by atoms with Crippen molar-refractivity contribution in [1.82, 2.24) is 4.90 Å². The zero-order chi connectivity index (χ0) is 12.5. The van der Waals surface area contributed by atoms with Crippen molar-refractivity contribution in [3.05, 3.63) is 69.2 Å². The second-order valence-electron chi connectivity index (χ2n) is 5.00. The van der Waals surface area contributed by atoms with E-state index in [1.165, 1.54) is 26.7 Å². The number of rotatable bonds is 2. The molecule has 0 radical (unpaired) electrons. The van der Waals surface area contributed by atoms with Gasteiger partial charge in [0.2, 0.25) is 0 Å². The van der Waals surface area contributed by atoms with Gasteiger partial charge in [0.25, 0.3) is 0 Å². The molecule has 2 aromatic carbocycles. The summed E-state index contributed by atoms with van der Waals surface area (Å²) in [5.41, 5.74) is 5.66. The maximum Gasteiger partial charge on any atom is 0.0244 e. The van der Waals surface area contributed by atoms with Gasteiger partial charge in [-0.3, -0.25) is 4.90 Å². The molecule has 2 aromatic rings. The summed E-state index contributed by atoms with van der Waals surface area (Å²) in [6.45, 7) is 5.33. The van der Waals surface area contributed by atoms with E-state index in [0.29, 0.717) is 0 Å². The molecular formula is C16H16BrN. The van der Waals surface area contributed by atoms with Crippen LogP contribution in [0.15, 0.2) is 46.9 Å². The fourth-order valence-corrected chi connectivity index (χ4v) is 2.83. The van der Waals surface area contributed by atoms with Gasteiger partial charge in [0.15, 0.2) is 0 Å². The van der Waals surface area contributed by atoms with Crippen molar-refractivity contribution >= 4 is 15.9 Å². The molecule has 0 aromatic heterocycles. The SMILES string of the molecule is Cc1cc(CN2Cc3ccccc3C2)ccc1Br. The van der Waals surface area contributed by atoms with Crippen LogP contribution in [0.1, 0.15) is 22.3 Å². The molecule has 0 saturated carbocycles. The number of fused-ring (bicyclic) bond motifs is 1. The molecule has 0 unspecified atom stereocenters. The number of halogens is 1. The molecule has 0 aliphatic carbocycles. The lowest BCUT2D eigenvalue weighted by Gasteiger charge is -2.15. The Kier molecular flexibility index (Phi) is 3.23. The third kappa shape index (κ3) is 2.36. The summed E-state index contributed by atoms with van der Waals surface area (Å²) in [5, 5.41) is 0. The second-order valence-corrected chi connectivity index (χ2v) is 5.85. The van der Waals surface area contributed by atoms with E-state index in [9.17, 15) is 0 Å². The molecule has 1 heterocycles. The Morgan fingerprint density at radius 3 is 2.33 bits per heavy atom. The molecule has 0 atom stereocenters. The number of benzene rings is 2. The van der Waals surface area contributed by atoms with Gasteiger partial charge in [0, 0.05) is 24.1 Å². The molecule has 2 heteroatoms. The van der Waals surface area contributed by atoms with Crippen molar-refractivity contribution in [2.75, 3.05) is 0 Å². The first-order chi connectivity index (χ1) is 8.72. The molecule has 18 heavy (non-hydrogen) atoms. The van der Waals surface area contributed by atoms with Gasteiger partial charge in [0.05, 0.1) is 0 Å². The monoisotopic (exact) mass is 301 g/mol. The lowest BCUT2D eigenvalue weighted by Crippen LogP contribution is -2.15. The van der Waals surface area contributed by atoms with Crippen LogP contribution in [-0.2, 0) is 19.6 Å².